The zero-order valence-corrected chi connectivity index (χ0v) is 13.5. The van der Waals surface area contributed by atoms with Gasteiger partial charge >= 0.3 is 5.97 Å². The molecular weight excluding hydrogens is 259 g/mol. The molecule has 2 nitrogen and oxygen atoms in total. The summed E-state index contributed by atoms with van der Waals surface area (Å²) in [5.74, 6) is -0.982. The Bertz CT molecular complexity index is 452. The van der Waals surface area contributed by atoms with Gasteiger partial charge in [-0.1, -0.05) is 53.7 Å². The Balaban J connectivity index is 3.40. The van der Waals surface area contributed by atoms with Gasteiger partial charge in [0.05, 0.1) is 5.56 Å². The van der Waals surface area contributed by atoms with Gasteiger partial charge in [-0.05, 0) is 27.4 Å². The predicted octanol–water partition coefficient (Wildman–Crippen LogP) is 4.11. The van der Waals surface area contributed by atoms with Crippen LogP contribution in [0.5, 0.6) is 0 Å². The Kier molecular flexibility index (Phi) is 3.97. The molecule has 0 saturated carbocycles. The molecule has 106 valence electrons. The Hall–Kier alpha value is -1.16. The highest BCUT2D eigenvalue weighted by Gasteiger charge is 2.56. The first-order valence-corrected chi connectivity index (χ1v) is 8.32. The maximum atomic E-state index is 15.9. The summed E-state index contributed by atoms with van der Waals surface area (Å²) in [4.78, 5) is 10.9. The zero-order valence-electron chi connectivity index (χ0n) is 12.5. The molecule has 0 spiro atoms. The second-order valence-corrected chi connectivity index (χ2v) is 11.9. The van der Waals surface area contributed by atoms with Crippen LogP contribution in [-0.4, -0.2) is 19.5 Å². The summed E-state index contributed by atoms with van der Waals surface area (Å²) in [5, 5.41) is 8.68. The first-order valence-electron chi connectivity index (χ1n) is 6.44. The van der Waals surface area contributed by atoms with Crippen molar-refractivity contribution in [2.24, 2.45) is 0 Å². The van der Waals surface area contributed by atoms with Gasteiger partial charge < -0.3 is 9.21 Å². The number of halogens is 1. The van der Waals surface area contributed by atoms with Gasteiger partial charge in [-0.3, -0.25) is 0 Å². The van der Waals surface area contributed by atoms with Gasteiger partial charge in [-0.2, -0.15) is 0 Å². The molecule has 0 bridgehead atoms. The molecular formula is C15H23FO2Si. The standard InChI is InChI=1S/C15H23FO2Si/c1-14(2,3)19(16,15(4,5)6)12-9-7-11(8-10-12)13(17)18/h7-10H,1-6H3,(H,17,18). The summed E-state index contributed by atoms with van der Waals surface area (Å²) in [6, 6.07) is 6.28. The smallest absolute Gasteiger partial charge is 0.335 e. The number of aromatic carboxylic acids is 1. The van der Waals surface area contributed by atoms with Crippen LogP contribution >= 0.6 is 0 Å². The molecule has 0 aliphatic carbocycles. The van der Waals surface area contributed by atoms with E-state index >= 15 is 4.11 Å². The van der Waals surface area contributed by atoms with Crippen molar-refractivity contribution in [2.75, 3.05) is 0 Å². The third-order valence-electron chi connectivity index (χ3n) is 3.60. The van der Waals surface area contributed by atoms with E-state index in [1.807, 2.05) is 41.5 Å². The van der Waals surface area contributed by atoms with Crippen molar-refractivity contribution >= 4 is 19.6 Å². The van der Waals surface area contributed by atoms with Crippen molar-refractivity contribution in [3.05, 3.63) is 29.8 Å². The molecule has 0 atom stereocenters. The fourth-order valence-corrected chi connectivity index (χ4v) is 7.44. The molecule has 0 aromatic heterocycles. The molecule has 0 amide bonds. The maximum Gasteiger partial charge on any atom is 0.335 e. The van der Waals surface area contributed by atoms with Crippen LogP contribution in [0.15, 0.2) is 24.3 Å². The number of rotatable bonds is 2. The van der Waals surface area contributed by atoms with Crippen molar-refractivity contribution in [1.82, 2.24) is 0 Å². The summed E-state index contributed by atoms with van der Waals surface area (Å²) in [6.45, 7) is 11.6. The first-order chi connectivity index (χ1) is 8.41. The average molecular weight is 282 g/mol. The normalized spacial score (nSPS) is 13.4. The quantitative estimate of drug-likeness (QED) is 0.655. The Morgan fingerprint density at radius 3 is 1.63 bits per heavy atom. The fraction of sp³-hybridized carbons (Fsp3) is 0.533. The van der Waals surface area contributed by atoms with Gasteiger partial charge in [0.1, 0.15) is 0 Å². The molecule has 0 heterocycles. The minimum absolute atomic E-state index is 0.197. The number of carboxylic acid groups (broad SMARTS) is 1. The monoisotopic (exact) mass is 282 g/mol. The molecule has 4 heteroatoms. The van der Waals surface area contributed by atoms with Gasteiger partial charge in [0.15, 0.2) is 0 Å². The van der Waals surface area contributed by atoms with Gasteiger partial charge in [-0.25, -0.2) is 4.79 Å². The molecule has 0 unspecified atom stereocenters. The third-order valence-corrected chi connectivity index (χ3v) is 8.86. The van der Waals surface area contributed by atoms with Crippen molar-refractivity contribution in [1.29, 1.82) is 0 Å². The summed E-state index contributed by atoms with van der Waals surface area (Å²) in [6.07, 6.45) is 0. The Morgan fingerprint density at radius 1 is 1.00 bits per heavy atom. The average Bonchev–Trinajstić information content (AvgIpc) is 2.25. The van der Waals surface area contributed by atoms with E-state index in [2.05, 4.69) is 0 Å². The second kappa shape index (κ2) is 4.74. The molecule has 0 fully saturated rings. The molecule has 19 heavy (non-hydrogen) atoms. The molecule has 1 rings (SSSR count). The Morgan fingerprint density at radius 2 is 1.37 bits per heavy atom. The zero-order chi connectivity index (χ0) is 15.1. The third kappa shape index (κ3) is 2.73. The van der Waals surface area contributed by atoms with Crippen LogP contribution in [0, 0.1) is 0 Å². The lowest BCUT2D eigenvalue weighted by molar-refractivity contribution is 0.0697. The number of hydrogen-bond acceptors (Lipinski definition) is 1. The van der Waals surface area contributed by atoms with Crippen LogP contribution in [0.4, 0.5) is 4.11 Å². The van der Waals surface area contributed by atoms with E-state index in [9.17, 15) is 4.79 Å². The lowest BCUT2D eigenvalue weighted by Crippen LogP contribution is -2.57. The van der Waals surface area contributed by atoms with E-state index in [4.69, 9.17) is 5.11 Å². The SMILES string of the molecule is CC(C)(C)[Si](F)(c1ccc(C(=O)O)cc1)C(C)(C)C. The number of carboxylic acids is 1. The fourth-order valence-electron chi connectivity index (χ4n) is 2.83. The van der Waals surface area contributed by atoms with Crippen molar-refractivity contribution < 1.29 is 14.0 Å². The van der Waals surface area contributed by atoms with Crippen LogP contribution in [-0.2, 0) is 0 Å². The molecule has 1 N–H and O–H groups in total. The van der Waals surface area contributed by atoms with E-state index in [1.165, 1.54) is 12.1 Å². The molecule has 0 saturated heterocycles. The van der Waals surface area contributed by atoms with E-state index in [0.29, 0.717) is 5.19 Å². The number of hydrogen-bond donors (Lipinski definition) is 1. The second-order valence-electron chi connectivity index (χ2n) is 7.04. The van der Waals surface area contributed by atoms with Crippen LogP contribution in [0.3, 0.4) is 0 Å². The molecule has 0 aliphatic rings. The van der Waals surface area contributed by atoms with Gasteiger partial charge in [0.2, 0.25) is 0 Å². The van der Waals surface area contributed by atoms with Crippen LogP contribution in [0.25, 0.3) is 0 Å². The summed E-state index contributed by atoms with van der Waals surface area (Å²) in [7, 11) is -3.28. The summed E-state index contributed by atoms with van der Waals surface area (Å²) >= 11 is 0. The highest BCUT2D eigenvalue weighted by molar-refractivity contribution is 6.90. The van der Waals surface area contributed by atoms with Gasteiger partial charge in [0, 0.05) is 0 Å². The largest absolute Gasteiger partial charge is 0.478 e. The van der Waals surface area contributed by atoms with E-state index in [-0.39, 0.29) is 5.56 Å². The van der Waals surface area contributed by atoms with Gasteiger partial charge in [0.25, 0.3) is 8.41 Å². The first kappa shape index (κ1) is 15.9. The highest BCUT2D eigenvalue weighted by Crippen LogP contribution is 2.51. The predicted molar refractivity (Wildman–Crippen MR) is 79.3 cm³/mol. The van der Waals surface area contributed by atoms with Gasteiger partial charge in [-0.15, -0.1) is 0 Å². The summed E-state index contributed by atoms with van der Waals surface area (Å²) < 4.78 is 15.9. The molecule has 1 aromatic rings. The van der Waals surface area contributed by atoms with Crippen LogP contribution < -0.4 is 5.19 Å². The van der Waals surface area contributed by atoms with Crippen molar-refractivity contribution in [2.45, 2.75) is 51.6 Å². The van der Waals surface area contributed by atoms with E-state index in [0.717, 1.165) is 0 Å². The topological polar surface area (TPSA) is 37.3 Å². The lowest BCUT2D eigenvalue weighted by atomic mass is 10.2. The molecule has 0 aliphatic heterocycles. The number of benzene rings is 1. The minimum atomic E-state index is -3.28. The van der Waals surface area contributed by atoms with Crippen LogP contribution in [0.1, 0.15) is 51.9 Å². The molecule has 0 radical (unpaired) electrons. The minimum Gasteiger partial charge on any atom is -0.478 e. The molecule has 1 aromatic carbocycles. The summed E-state index contributed by atoms with van der Waals surface area (Å²) in [5.41, 5.74) is 0.197. The highest BCUT2D eigenvalue weighted by atomic mass is 28.4. The van der Waals surface area contributed by atoms with Crippen LogP contribution in [0.2, 0.25) is 10.1 Å². The van der Waals surface area contributed by atoms with E-state index < -0.39 is 24.5 Å². The Labute approximate surface area is 115 Å². The van der Waals surface area contributed by atoms with E-state index in [1.54, 1.807) is 12.1 Å². The maximum absolute atomic E-state index is 15.9. The van der Waals surface area contributed by atoms with Crippen molar-refractivity contribution in [3.63, 3.8) is 0 Å². The lowest BCUT2D eigenvalue weighted by Gasteiger charge is -2.44. The van der Waals surface area contributed by atoms with Crippen molar-refractivity contribution in [3.8, 4) is 0 Å². The number of carbonyl (C=O) groups is 1.